The molecule has 1 rings (SSSR count). The fraction of sp³-hybridized carbons (Fsp3) is 0.667. The van der Waals surface area contributed by atoms with Crippen LogP contribution in [0.2, 0.25) is 0 Å². The molecular formula is C12H21NOS. The van der Waals surface area contributed by atoms with Crippen molar-refractivity contribution in [3.8, 4) is 0 Å². The fourth-order valence-electron chi connectivity index (χ4n) is 1.28. The smallest absolute Gasteiger partial charge is 0.0817 e. The lowest BCUT2D eigenvalue weighted by atomic mass is 10.1. The number of rotatable bonds is 7. The predicted octanol–water partition coefficient (Wildman–Crippen LogP) is 3.04. The van der Waals surface area contributed by atoms with Crippen molar-refractivity contribution in [2.24, 2.45) is 0 Å². The minimum atomic E-state index is -0.0842. The van der Waals surface area contributed by atoms with Gasteiger partial charge < -0.3 is 10.1 Å². The SMILES string of the molecule is CCCNCC(C)(C)OCc1cccs1. The van der Waals surface area contributed by atoms with E-state index in [4.69, 9.17) is 4.74 Å². The lowest BCUT2D eigenvalue weighted by Gasteiger charge is -2.25. The number of nitrogens with one attached hydrogen (secondary N) is 1. The second-order valence-corrected chi connectivity index (χ2v) is 5.34. The summed E-state index contributed by atoms with van der Waals surface area (Å²) >= 11 is 1.75. The molecule has 86 valence electrons. The average molecular weight is 227 g/mol. The van der Waals surface area contributed by atoms with Gasteiger partial charge in [0.2, 0.25) is 0 Å². The van der Waals surface area contributed by atoms with Crippen LogP contribution in [-0.2, 0) is 11.3 Å². The number of hydrogen-bond donors (Lipinski definition) is 1. The summed E-state index contributed by atoms with van der Waals surface area (Å²) in [6.07, 6.45) is 1.17. The van der Waals surface area contributed by atoms with E-state index in [1.165, 1.54) is 11.3 Å². The molecule has 0 spiro atoms. The highest BCUT2D eigenvalue weighted by molar-refractivity contribution is 7.09. The molecule has 0 aliphatic rings. The third-order valence-corrected chi connectivity index (χ3v) is 3.01. The summed E-state index contributed by atoms with van der Waals surface area (Å²) in [6.45, 7) is 9.12. The predicted molar refractivity (Wildman–Crippen MR) is 66.3 cm³/mol. The van der Waals surface area contributed by atoms with E-state index in [-0.39, 0.29) is 5.60 Å². The minimum Gasteiger partial charge on any atom is -0.369 e. The summed E-state index contributed by atoms with van der Waals surface area (Å²) in [7, 11) is 0. The third kappa shape index (κ3) is 5.30. The maximum absolute atomic E-state index is 5.87. The second kappa shape index (κ2) is 6.26. The van der Waals surface area contributed by atoms with Crippen molar-refractivity contribution in [3.05, 3.63) is 22.4 Å². The molecule has 1 N–H and O–H groups in total. The Morgan fingerprint density at radius 1 is 1.47 bits per heavy atom. The number of hydrogen-bond acceptors (Lipinski definition) is 3. The van der Waals surface area contributed by atoms with Gasteiger partial charge in [-0.3, -0.25) is 0 Å². The van der Waals surface area contributed by atoms with Gasteiger partial charge in [-0.2, -0.15) is 0 Å². The van der Waals surface area contributed by atoms with Crippen LogP contribution >= 0.6 is 11.3 Å². The van der Waals surface area contributed by atoms with E-state index in [1.54, 1.807) is 11.3 Å². The van der Waals surface area contributed by atoms with E-state index in [1.807, 2.05) is 0 Å². The molecule has 2 nitrogen and oxygen atoms in total. The van der Waals surface area contributed by atoms with Crippen LogP contribution in [0.4, 0.5) is 0 Å². The van der Waals surface area contributed by atoms with Gasteiger partial charge >= 0.3 is 0 Å². The Kier molecular flexibility index (Phi) is 5.29. The molecule has 3 heteroatoms. The van der Waals surface area contributed by atoms with Gasteiger partial charge in [-0.25, -0.2) is 0 Å². The lowest BCUT2D eigenvalue weighted by Crippen LogP contribution is -2.37. The number of ether oxygens (including phenoxy) is 1. The Balaban J connectivity index is 2.23. The van der Waals surface area contributed by atoms with Crippen molar-refractivity contribution in [1.82, 2.24) is 5.32 Å². The van der Waals surface area contributed by atoms with Crippen molar-refractivity contribution in [2.75, 3.05) is 13.1 Å². The molecule has 1 heterocycles. The molecule has 0 radical (unpaired) electrons. The molecule has 0 aliphatic heterocycles. The van der Waals surface area contributed by atoms with Crippen LogP contribution in [0.15, 0.2) is 17.5 Å². The van der Waals surface area contributed by atoms with Crippen molar-refractivity contribution in [1.29, 1.82) is 0 Å². The van der Waals surface area contributed by atoms with Crippen LogP contribution in [0, 0.1) is 0 Å². The van der Waals surface area contributed by atoms with Crippen LogP contribution in [0.25, 0.3) is 0 Å². The van der Waals surface area contributed by atoms with Crippen LogP contribution < -0.4 is 5.32 Å². The zero-order valence-electron chi connectivity index (χ0n) is 9.88. The first-order valence-corrected chi connectivity index (χ1v) is 6.39. The van der Waals surface area contributed by atoms with Crippen molar-refractivity contribution in [2.45, 2.75) is 39.4 Å². The molecule has 0 unspecified atom stereocenters. The maximum atomic E-state index is 5.87. The summed E-state index contributed by atoms with van der Waals surface area (Å²) < 4.78 is 5.87. The first-order chi connectivity index (χ1) is 7.14. The first kappa shape index (κ1) is 12.7. The summed E-state index contributed by atoms with van der Waals surface area (Å²) in [6, 6.07) is 4.17. The standard InChI is InChI=1S/C12H21NOS/c1-4-7-13-10-12(2,3)14-9-11-6-5-8-15-11/h5-6,8,13H,4,7,9-10H2,1-3H3. The van der Waals surface area contributed by atoms with E-state index >= 15 is 0 Å². The van der Waals surface area contributed by atoms with Gasteiger partial charge in [0, 0.05) is 11.4 Å². The van der Waals surface area contributed by atoms with Gasteiger partial charge in [-0.05, 0) is 38.3 Å². The molecule has 0 amide bonds. The molecule has 0 aromatic carbocycles. The van der Waals surface area contributed by atoms with Gasteiger partial charge in [0.25, 0.3) is 0 Å². The van der Waals surface area contributed by atoms with E-state index in [2.05, 4.69) is 43.6 Å². The van der Waals surface area contributed by atoms with Crippen LogP contribution in [-0.4, -0.2) is 18.7 Å². The Hall–Kier alpha value is -0.380. The second-order valence-electron chi connectivity index (χ2n) is 4.30. The molecule has 0 atom stereocenters. The summed E-state index contributed by atoms with van der Waals surface area (Å²) in [5, 5.41) is 5.47. The summed E-state index contributed by atoms with van der Waals surface area (Å²) in [4.78, 5) is 1.29. The third-order valence-electron chi connectivity index (χ3n) is 2.16. The van der Waals surface area contributed by atoms with Crippen molar-refractivity contribution >= 4 is 11.3 Å². The van der Waals surface area contributed by atoms with E-state index in [0.29, 0.717) is 0 Å². The zero-order chi connectivity index (χ0) is 11.1. The highest BCUT2D eigenvalue weighted by Gasteiger charge is 2.17. The molecule has 1 aromatic rings. The lowest BCUT2D eigenvalue weighted by molar-refractivity contribution is -0.0265. The molecule has 0 bridgehead atoms. The molecule has 0 fully saturated rings. The van der Waals surface area contributed by atoms with Gasteiger partial charge in [-0.1, -0.05) is 13.0 Å². The molecule has 0 saturated heterocycles. The Morgan fingerprint density at radius 2 is 2.27 bits per heavy atom. The van der Waals surface area contributed by atoms with Gasteiger partial charge in [0.1, 0.15) is 0 Å². The Bertz CT molecular complexity index is 257. The number of thiophene rings is 1. The van der Waals surface area contributed by atoms with E-state index in [0.717, 1.165) is 19.7 Å². The van der Waals surface area contributed by atoms with Crippen LogP contribution in [0.5, 0.6) is 0 Å². The topological polar surface area (TPSA) is 21.3 Å². The Morgan fingerprint density at radius 3 is 2.87 bits per heavy atom. The summed E-state index contributed by atoms with van der Waals surface area (Å²) in [5.41, 5.74) is -0.0842. The zero-order valence-corrected chi connectivity index (χ0v) is 10.7. The molecule has 1 aromatic heterocycles. The van der Waals surface area contributed by atoms with Crippen LogP contribution in [0.3, 0.4) is 0 Å². The molecule has 0 aliphatic carbocycles. The monoisotopic (exact) mass is 227 g/mol. The van der Waals surface area contributed by atoms with Gasteiger partial charge in [0.15, 0.2) is 0 Å². The highest BCUT2D eigenvalue weighted by Crippen LogP contribution is 2.15. The minimum absolute atomic E-state index is 0.0842. The molecule has 0 saturated carbocycles. The highest BCUT2D eigenvalue weighted by atomic mass is 32.1. The largest absolute Gasteiger partial charge is 0.369 e. The average Bonchev–Trinajstić information content (AvgIpc) is 2.68. The fourth-order valence-corrected chi connectivity index (χ4v) is 1.89. The Labute approximate surface area is 96.7 Å². The summed E-state index contributed by atoms with van der Waals surface area (Å²) in [5.74, 6) is 0. The van der Waals surface area contributed by atoms with Gasteiger partial charge in [0.05, 0.1) is 12.2 Å². The maximum Gasteiger partial charge on any atom is 0.0817 e. The van der Waals surface area contributed by atoms with Crippen molar-refractivity contribution in [3.63, 3.8) is 0 Å². The first-order valence-electron chi connectivity index (χ1n) is 5.51. The van der Waals surface area contributed by atoms with E-state index in [9.17, 15) is 0 Å². The molecular weight excluding hydrogens is 206 g/mol. The quantitative estimate of drug-likeness (QED) is 0.723. The molecule has 15 heavy (non-hydrogen) atoms. The van der Waals surface area contributed by atoms with Crippen LogP contribution in [0.1, 0.15) is 32.1 Å². The normalized spacial score (nSPS) is 11.9. The van der Waals surface area contributed by atoms with Crippen molar-refractivity contribution < 1.29 is 4.74 Å². The van der Waals surface area contributed by atoms with E-state index < -0.39 is 0 Å². The van der Waals surface area contributed by atoms with Gasteiger partial charge in [-0.15, -0.1) is 11.3 Å².